The van der Waals surface area contributed by atoms with E-state index in [1.165, 1.54) is 12.8 Å². The number of hydrogen-bond acceptors (Lipinski definition) is 2. The van der Waals surface area contributed by atoms with E-state index in [1.807, 2.05) is 4.90 Å². The number of benzene rings is 1. The molecule has 1 saturated heterocycles. The van der Waals surface area contributed by atoms with Crippen LogP contribution in [0.2, 0.25) is 0 Å². The van der Waals surface area contributed by atoms with Gasteiger partial charge in [-0.2, -0.15) is 0 Å². The van der Waals surface area contributed by atoms with Gasteiger partial charge in [0.1, 0.15) is 5.75 Å². The van der Waals surface area contributed by atoms with E-state index in [1.54, 1.807) is 18.2 Å². The van der Waals surface area contributed by atoms with Gasteiger partial charge in [0.05, 0.1) is 5.56 Å². The molecule has 1 fully saturated rings. The summed E-state index contributed by atoms with van der Waals surface area (Å²) in [5.41, 5.74) is 0.431. The number of aromatic hydroxyl groups is 1. The molecule has 1 amide bonds. The Hall–Kier alpha value is -0.780. The normalized spacial score (nSPS) is 16.6. The van der Waals surface area contributed by atoms with Crippen LogP contribution in [0.25, 0.3) is 0 Å². The van der Waals surface area contributed by atoms with Crippen molar-refractivity contribution in [3.8, 4) is 5.75 Å². The Kier molecular flexibility index (Phi) is 5.07. The predicted octanol–water partition coefficient (Wildman–Crippen LogP) is 3.65. The number of nitrogens with zero attached hydrogens (tertiary/aromatic N) is 1. The summed E-state index contributed by atoms with van der Waals surface area (Å²) in [6.07, 6.45) is 4.65. The number of phenolic OH excluding ortho intramolecular Hbond substituents is 1. The summed E-state index contributed by atoms with van der Waals surface area (Å²) in [5.74, 6) is 0.811. The van der Waals surface area contributed by atoms with Crippen LogP contribution >= 0.6 is 22.6 Å². The van der Waals surface area contributed by atoms with Crippen LogP contribution in [0.5, 0.6) is 5.75 Å². The van der Waals surface area contributed by atoms with Crippen LogP contribution in [0.1, 0.15) is 43.0 Å². The van der Waals surface area contributed by atoms with Crippen molar-refractivity contribution >= 4 is 28.5 Å². The molecule has 0 aliphatic carbocycles. The van der Waals surface area contributed by atoms with Gasteiger partial charge in [-0.25, -0.2) is 0 Å². The molecule has 0 saturated carbocycles. The van der Waals surface area contributed by atoms with Gasteiger partial charge >= 0.3 is 0 Å². The molecule has 0 spiro atoms. The highest BCUT2D eigenvalue weighted by molar-refractivity contribution is 14.1. The number of amides is 1. The highest BCUT2D eigenvalue weighted by atomic mass is 127. The van der Waals surface area contributed by atoms with E-state index in [0.717, 1.165) is 35.4 Å². The van der Waals surface area contributed by atoms with Crippen molar-refractivity contribution in [3.05, 3.63) is 27.3 Å². The Morgan fingerprint density at radius 2 is 2.11 bits per heavy atom. The van der Waals surface area contributed by atoms with Gasteiger partial charge in [-0.05, 0) is 59.5 Å². The summed E-state index contributed by atoms with van der Waals surface area (Å²) in [6.45, 7) is 3.84. The van der Waals surface area contributed by atoms with E-state index in [2.05, 4.69) is 29.5 Å². The summed E-state index contributed by atoms with van der Waals surface area (Å²) in [7, 11) is 0. The molecule has 0 atom stereocenters. The lowest BCUT2D eigenvalue weighted by atomic mass is 9.92. The summed E-state index contributed by atoms with van der Waals surface area (Å²) >= 11 is 2.16. The summed E-state index contributed by atoms with van der Waals surface area (Å²) in [4.78, 5) is 14.3. The first-order valence-corrected chi connectivity index (χ1v) is 7.97. The second kappa shape index (κ2) is 6.59. The molecule has 0 bridgehead atoms. The number of phenols is 1. The Morgan fingerprint density at radius 3 is 2.74 bits per heavy atom. The molecule has 0 aromatic heterocycles. The molecule has 0 radical (unpaired) electrons. The van der Waals surface area contributed by atoms with Gasteiger partial charge in [0.15, 0.2) is 0 Å². The molecule has 0 unspecified atom stereocenters. The molecular formula is C15H20INO2. The van der Waals surface area contributed by atoms with Crippen LogP contribution in [-0.4, -0.2) is 29.0 Å². The van der Waals surface area contributed by atoms with E-state index < -0.39 is 0 Å². The Bertz CT molecular complexity index is 453. The van der Waals surface area contributed by atoms with Crippen LogP contribution in [0.4, 0.5) is 0 Å². The topological polar surface area (TPSA) is 40.5 Å². The van der Waals surface area contributed by atoms with Crippen LogP contribution in [-0.2, 0) is 0 Å². The van der Waals surface area contributed by atoms with Gasteiger partial charge in [0.25, 0.3) is 5.91 Å². The van der Waals surface area contributed by atoms with Crippen molar-refractivity contribution < 1.29 is 9.90 Å². The molecule has 1 N–H and O–H groups in total. The first-order chi connectivity index (χ1) is 9.11. The number of piperidine rings is 1. The maximum absolute atomic E-state index is 12.4. The van der Waals surface area contributed by atoms with Gasteiger partial charge in [0.2, 0.25) is 0 Å². The monoisotopic (exact) mass is 373 g/mol. The smallest absolute Gasteiger partial charge is 0.257 e. The standard InChI is InChI=1S/C15H20INO2/c1-2-3-11-6-8-17(9-7-11)15(19)13-10-12(16)4-5-14(13)18/h4-5,10-11,18H,2-3,6-9H2,1H3. The zero-order chi connectivity index (χ0) is 13.8. The fourth-order valence-corrected chi connectivity index (χ4v) is 3.17. The summed E-state index contributed by atoms with van der Waals surface area (Å²) in [5, 5.41) is 9.82. The Labute approximate surface area is 128 Å². The van der Waals surface area contributed by atoms with E-state index in [0.29, 0.717) is 5.56 Å². The molecule has 104 valence electrons. The SMILES string of the molecule is CCCC1CCN(C(=O)c2cc(I)ccc2O)CC1. The lowest BCUT2D eigenvalue weighted by molar-refractivity contribution is 0.0683. The van der Waals surface area contributed by atoms with Crippen LogP contribution < -0.4 is 0 Å². The Balaban J connectivity index is 2.03. The van der Waals surface area contributed by atoms with Crippen LogP contribution in [0.15, 0.2) is 18.2 Å². The highest BCUT2D eigenvalue weighted by Crippen LogP contribution is 2.26. The van der Waals surface area contributed by atoms with Crippen LogP contribution in [0.3, 0.4) is 0 Å². The van der Waals surface area contributed by atoms with E-state index in [9.17, 15) is 9.90 Å². The number of carbonyl (C=O) groups excluding carboxylic acids is 1. The molecule has 1 aliphatic heterocycles. The number of hydrogen-bond donors (Lipinski definition) is 1. The Morgan fingerprint density at radius 1 is 1.42 bits per heavy atom. The molecule has 1 aromatic rings. The third-order valence-corrected chi connectivity index (χ3v) is 4.46. The quantitative estimate of drug-likeness (QED) is 0.822. The summed E-state index contributed by atoms with van der Waals surface area (Å²) in [6, 6.07) is 5.16. The minimum Gasteiger partial charge on any atom is -0.507 e. The van der Waals surface area contributed by atoms with Gasteiger partial charge in [-0.3, -0.25) is 4.79 Å². The molecule has 1 aromatic carbocycles. The van der Waals surface area contributed by atoms with Gasteiger partial charge < -0.3 is 10.0 Å². The lowest BCUT2D eigenvalue weighted by Crippen LogP contribution is -2.38. The highest BCUT2D eigenvalue weighted by Gasteiger charge is 2.24. The number of halogens is 1. The molecular weight excluding hydrogens is 353 g/mol. The molecule has 2 rings (SSSR count). The van der Waals surface area contributed by atoms with Crippen molar-refractivity contribution in [2.24, 2.45) is 5.92 Å². The largest absolute Gasteiger partial charge is 0.507 e. The molecule has 4 heteroatoms. The first kappa shape index (κ1) is 14.6. The van der Waals surface area contributed by atoms with Crippen molar-refractivity contribution in [1.29, 1.82) is 0 Å². The van der Waals surface area contributed by atoms with E-state index in [-0.39, 0.29) is 11.7 Å². The lowest BCUT2D eigenvalue weighted by Gasteiger charge is -2.32. The maximum atomic E-state index is 12.4. The fraction of sp³-hybridized carbons (Fsp3) is 0.533. The van der Waals surface area contributed by atoms with Gasteiger partial charge in [-0.1, -0.05) is 19.8 Å². The number of likely N-dealkylation sites (tertiary alicyclic amines) is 1. The van der Waals surface area contributed by atoms with Crippen molar-refractivity contribution in [3.63, 3.8) is 0 Å². The second-order valence-electron chi connectivity index (χ2n) is 5.19. The average Bonchev–Trinajstić information content (AvgIpc) is 2.42. The van der Waals surface area contributed by atoms with Gasteiger partial charge in [-0.15, -0.1) is 0 Å². The van der Waals surface area contributed by atoms with E-state index in [4.69, 9.17) is 0 Å². The summed E-state index contributed by atoms with van der Waals surface area (Å²) < 4.78 is 0.972. The van der Waals surface area contributed by atoms with Crippen molar-refractivity contribution in [1.82, 2.24) is 4.90 Å². The third-order valence-electron chi connectivity index (χ3n) is 3.79. The average molecular weight is 373 g/mol. The number of rotatable bonds is 3. The molecule has 1 aliphatic rings. The molecule has 1 heterocycles. The fourth-order valence-electron chi connectivity index (χ4n) is 2.68. The zero-order valence-corrected chi connectivity index (χ0v) is 13.4. The van der Waals surface area contributed by atoms with Crippen molar-refractivity contribution in [2.45, 2.75) is 32.6 Å². The minimum absolute atomic E-state index is 0.0361. The third kappa shape index (κ3) is 3.61. The maximum Gasteiger partial charge on any atom is 0.257 e. The van der Waals surface area contributed by atoms with E-state index >= 15 is 0 Å². The number of carbonyl (C=O) groups is 1. The second-order valence-corrected chi connectivity index (χ2v) is 6.43. The minimum atomic E-state index is -0.0361. The van der Waals surface area contributed by atoms with Crippen molar-refractivity contribution in [2.75, 3.05) is 13.1 Å². The predicted molar refractivity (Wildman–Crippen MR) is 84.4 cm³/mol. The first-order valence-electron chi connectivity index (χ1n) is 6.89. The van der Waals surface area contributed by atoms with Gasteiger partial charge in [0, 0.05) is 16.7 Å². The molecule has 3 nitrogen and oxygen atoms in total. The van der Waals surface area contributed by atoms with Crippen LogP contribution in [0, 0.1) is 9.49 Å². The zero-order valence-electron chi connectivity index (χ0n) is 11.2. The molecule has 19 heavy (non-hydrogen) atoms.